The molecule has 158 valence electrons. The predicted molar refractivity (Wildman–Crippen MR) is 101 cm³/mol. The molecule has 10 nitrogen and oxygen atoms in total. The molecule has 2 aliphatic rings. The fourth-order valence-electron chi connectivity index (χ4n) is 3.60. The van der Waals surface area contributed by atoms with Crippen molar-refractivity contribution in [1.29, 1.82) is 0 Å². The van der Waals surface area contributed by atoms with Crippen LogP contribution in [0.1, 0.15) is 39.5 Å². The number of nitrogens with one attached hydrogen (secondary N) is 2. The lowest BCUT2D eigenvalue weighted by Crippen LogP contribution is -2.64. The Kier molecular flexibility index (Phi) is 7.76. The lowest BCUT2D eigenvalue weighted by molar-refractivity contribution is -0.171. The minimum absolute atomic E-state index is 0.00665. The number of unbranched alkanes of at least 4 members (excludes halogenated alkanes) is 1. The summed E-state index contributed by atoms with van der Waals surface area (Å²) in [6, 6.07) is 0.340. The van der Waals surface area contributed by atoms with Crippen LogP contribution in [0, 0.1) is 0 Å². The molecule has 0 bridgehead atoms. The standard InChI is InChI=1S/C18H31N5O5/c1-12-11-21(3)16(13(2)22(12)4)17(26)19-9-5-6-10-20-18(27)28-23-14(24)7-8-15(23)25/h12-13,16H,5-11H2,1-4H3,(H,19,26)(H,20,27)/i1+1,3+1,4+1,11+1,12+1,18+1,19+1,20+1,21+1,22+1. The van der Waals surface area contributed by atoms with Crippen LogP contribution in [0.3, 0.4) is 0 Å². The van der Waals surface area contributed by atoms with E-state index in [0.29, 0.717) is 37.0 Å². The van der Waals surface area contributed by atoms with Gasteiger partial charge in [-0.1, -0.05) is 0 Å². The minimum Gasteiger partial charge on any atom is -0.355 e. The molecule has 0 radical (unpaired) electrons. The third-order valence-electron chi connectivity index (χ3n) is 5.44. The molecule has 3 unspecified atom stereocenters. The Balaban J connectivity index is 1.61. The average molecular weight is 407 g/mol. The molecule has 10 heteroatoms. The number of hydrogen-bond donors (Lipinski definition) is 2. The molecule has 2 rings (SSSR count). The van der Waals surface area contributed by atoms with Crippen LogP contribution in [0.5, 0.6) is 0 Å². The first kappa shape index (κ1) is 22.1. The number of likely N-dealkylation sites (N-methyl/N-ethyl adjacent to an activating group) is 2. The second-order valence-corrected chi connectivity index (χ2v) is 7.53. The number of carbonyl (C=O) groups excluding carboxylic acids is 4. The van der Waals surface area contributed by atoms with Gasteiger partial charge in [-0.2, -0.15) is 0 Å². The van der Waals surface area contributed by atoms with Crippen LogP contribution in [-0.2, 0) is 19.2 Å². The maximum atomic E-state index is 12.5. The molecule has 0 spiro atoms. The Morgan fingerprint density at radius 3 is 2.21 bits per heavy atom. The zero-order valence-electron chi connectivity index (χ0n) is 17.1. The smallest absolute Gasteiger partial charge is 0.355 e. The monoisotopic (exact) mass is 407 g/mol. The van der Waals surface area contributed by atoms with Gasteiger partial charge in [-0.25, -0.2) is 4.79 Å². The number of imide groups is 1. The lowest BCUT2D eigenvalue weighted by atomic mass is 10.2. The number of carbonyl (C=O) groups is 4. The first-order chi connectivity index (χ1) is 13.2. The van der Waals surface area contributed by atoms with Crippen LogP contribution in [-0.4, -0.2) is 90.5 Å². The van der Waals surface area contributed by atoms with E-state index in [1.165, 1.54) is 0 Å². The van der Waals surface area contributed by atoms with Gasteiger partial charge in [-0.05, 0) is 40.8 Å². The predicted octanol–water partition coefficient (Wildman–Crippen LogP) is -0.304. The maximum Gasteiger partial charge on any atom is 0.432 e. The summed E-state index contributed by atoms with van der Waals surface area (Å²) in [5.74, 6) is -1.01. The Bertz CT molecular complexity index is 597. The van der Waals surface area contributed by atoms with Crippen molar-refractivity contribution in [1.82, 2.24) is 25.5 Å². The average Bonchev–Trinajstić information content (AvgIpc) is 2.94. The molecule has 28 heavy (non-hydrogen) atoms. The van der Waals surface area contributed by atoms with Crippen molar-refractivity contribution in [3.05, 3.63) is 0 Å². The summed E-state index contributed by atoms with van der Waals surface area (Å²) in [5.41, 5.74) is 0. The Labute approximate surface area is 165 Å². The highest BCUT2D eigenvalue weighted by Gasteiger charge is 2.38. The van der Waals surface area contributed by atoms with Crippen LogP contribution in [0.25, 0.3) is 0 Å². The van der Waals surface area contributed by atoms with Gasteiger partial charge in [-0.15, -0.1) is 5.06 Å². The zero-order valence-corrected chi connectivity index (χ0v) is 17.1. The highest BCUT2D eigenvalue weighted by Crippen LogP contribution is 2.18. The molecule has 2 fully saturated rings. The molecular formula is C18H31N5O5. The van der Waals surface area contributed by atoms with E-state index in [0.717, 1.165) is 6.54 Å². The van der Waals surface area contributed by atoms with Crippen molar-refractivity contribution in [3.63, 3.8) is 0 Å². The largest absolute Gasteiger partial charge is 0.432 e. The van der Waals surface area contributed by atoms with Crippen LogP contribution in [0.4, 0.5) is 4.79 Å². The molecular weight excluding hydrogens is 376 g/mol. The van der Waals surface area contributed by atoms with Crippen LogP contribution < -0.4 is 10.6 Å². The van der Waals surface area contributed by atoms with Gasteiger partial charge in [0.1, 0.15) is 6.04 Å². The normalized spacial score (nSPS) is 26.4. The minimum atomic E-state index is -0.831. The molecule has 0 saturated carbocycles. The molecule has 3 atom stereocenters. The summed E-state index contributed by atoms with van der Waals surface area (Å²) in [7, 11) is 4.01. The maximum absolute atomic E-state index is 12.5. The summed E-state index contributed by atoms with van der Waals surface area (Å²) >= 11 is 0. The van der Waals surface area contributed by atoms with Crippen molar-refractivity contribution < 1.29 is 24.0 Å². The van der Waals surface area contributed by atoms with Gasteiger partial charge in [-0.3, -0.25) is 24.2 Å². The van der Waals surface area contributed by atoms with Gasteiger partial charge in [0.25, 0.3) is 11.8 Å². The summed E-state index contributed by atoms with van der Waals surface area (Å²) < 4.78 is 0. The van der Waals surface area contributed by atoms with Gasteiger partial charge in [0.15, 0.2) is 0 Å². The number of piperazine rings is 1. The van der Waals surface area contributed by atoms with Crippen LogP contribution in [0.15, 0.2) is 0 Å². The molecule has 2 aliphatic heterocycles. The third kappa shape index (κ3) is 5.41. The summed E-state index contributed by atoms with van der Waals surface area (Å²) in [4.78, 5) is 55.9. The second-order valence-electron chi connectivity index (χ2n) is 7.53. The first-order valence-corrected chi connectivity index (χ1v) is 9.73. The van der Waals surface area contributed by atoms with Gasteiger partial charge in [0.2, 0.25) is 5.91 Å². The Morgan fingerprint density at radius 2 is 1.61 bits per heavy atom. The first-order valence-electron chi connectivity index (χ1n) is 9.73. The van der Waals surface area contributed by atoms with Gasteiger partial charge in [0.05, 0.1) is 0 Å². The van der Waals surface area contributed by atoms with E-state index in [9.17, 15) is 19.2 Å². The van der Waals surface area contributed by atoms with E-state index in [1.54, 1.807) is 0 Å². The zero-order chi connectivity index (χ0) is 20.8. The number of rotatable bonds is 7. The van der Waals surface area contributed by atoms with Crippen LogP contribution in [0.2, 0.25) is 0 Å². The molecule has 2 saturated heterocycles. The van der Waals surface area contributed by atoms with Crippen molar-refractivity contribution in [2.75, 3.05) is 33.7 Å². The highest BCUT2D eigenvalue weighted by molar-refractivity contribution is 6.01. The van der Waals surface area contributed by atoms with Crippen molar-refractivity contribution in [2.45, 2.75) is 57.7 Å². The Morgan fingerprint density at radius 1 is 1.04 bits per heavy atom. The van der Waals surface area contributed by atoms with E-state index in [2.05, 4.69) is 34.3 Å². The molecule has 4 amide bonds. The molecule has 0 aliphatic carbocycles. The molecule has 0 aromatic carbocycles. The molecule has 2 N–H and O–H groups in total. The fraction of sp³-hybridized carbons (Fsp3) is 0.778. The van der Waals surface area contributed by atoms with E-state index in [-0.39, 0.29) is 30.8 Å². The van der Waals surface area contributed by atoms with Crippen molar-refractivity contribution in [2.24, 2.45) is 0 Å². The number of nitrogens with zero attached hydrogens (tertiary/aromatic N) is 3. The van der Waals surface area contributed by atoms with Crippen molar-refractivity contribution in [3.8, 4) is 0 Å². The summed E-state index contributed by atoms with van der Waals surface area (Å²) in [5, 5.41) is 5.96. The molecule has 0 aromatic heterocycles. The highest BCUT2D eigenvalue weighted by atomic mass is 16.8. The van der Waals surface area contributed by atoms with E-state index < -0.39 is 17.9 Å². The quantitative estimate of drug-likeness (QED) is 0.258. The third-order valence-corrected chi connectivity index (χ3v) is 5.44. The van der Waals surface area contributed by atoms with Gasteiger partial charge >= 0.3 is 6.09 Å². The van der Waals surface area contributed by atoms with E-state index in [4.69, 9.17) is 4.84 Å². The lowest BCUT2D eigenvalue weighted by Gasteiger charge is -2.46. The molecule has 0 aromatic rings. The second kappa shape index (κ2) is 9.83. The fourth-order valence-corrected chi connectivity index (χ4v) is 3.60. The van der Waals surface area contributed by atoms with Crippen LogP contribution >= 0.6 is 0 Å². The van der Waals surface area contributed by atoms with E-state index in [1.807, 2.05) is 14.1 Å². The summed E-state index contributed by atoms with van der Waals surface area (Å²) in [6.45, 7) is 5.88. The Hall–Kier alpha value is -2.20. The number of hydrogen-bond acceptors (Lipinski definition) is 7. The topological polar surface area (TPSA) is 111 Å². The van der Waals surface area contributed by atoms with E-state index >= 15 is 0 Å². The number of amides is 4. The van der Waals surface area contributed by atoms with Gasteiger partial charge < -0.3 is 15.5 Å². The molecule has 2 heterocycles. The number of hydroxylamine groups is 2. The SMILES string of the molecule is CC1C(C(=O)[15NH]CCCC[15NH][13C](=O)ON2C(=O)CCC2=O)[15N]([13CH3])[13CH2][13CH]([13CH3])[15N]1[13CH3]. The van der Waals surface area contributed by atoms with Crippen molar-refractivity contribution >= 4 is 23.8 Å². The summed E-state index contributed by atoms with van der Waals surface area (Å²) in [6.07, 6.45) is 0.613. The van der Waals surface area contributed by atoms with Gasteiger partial charge in [0, 0.05) is 44.6 Å².